The SMILES string of the molecule is COc1ccc(/C=C/C(=O)Nc2ccc(N3CCCCC3)cc2)c(OC)c1. The van der Waals surface area contributed by atoms with Crippen molar-refractivity contribution in [2.24, 2.45) is 0 Å². The molecule has 0 aromatic heterocycles. The van der Waals surface area contributed by atoms with E-state index < -0.39 is 0 Å². The molecule has 1 aliphatic rings. The Hall–Kier alpha value is -2.95. The number of nitrogens with zero attached hydrogens (tertiary/aromatic N) is 1. The van der Waals surface area contributed by atoms with Crippen molar-refractivity contribution in [1.29, 1.82) is 0 Å². The summed E-state index contributed by atoms with van der Waals surface area (Å²) in [4.78, 5) is 14.6. The number of anilines is 2. The first-order valence-corrected chi connectivity index (χ1v) is 9.26. The number of rotatable bonds is 6. The molecule has 0 aliphatic carbocycles. The van der Waals surface area contributed by atoms with E-state index >= 15 is 0 Å². The molecule has 0 saturated carbocycles. The van der Waals surface area contributed by atoms with Crippen LogP contribution in [0.3, 0.4) is 0 Å². The second-order valence-corrected chi connectivity index (χ2v) is 6.53. The highest BCUT2D eigenvalue weighted by molar-refractivity contribution is 6.02. The van der Waals surface area contributed by atoms with Crippen molar-refractivity contribution in [3.63, 3.8) is 0 Å². The molecular formula is C22H26N2O3. The van der Waals surface area contributed by atoms with Crippen molar-refractivity contribution >= 4 is 23.4 Å². The molecule has 5 nitrogen and oxygen atoms in total. The van der Waals surface area contributed by atoms with Gasteiger partial charge in [-0.2, -0.15) is 0 Å². The monoisotopic (exact) mass is 366 g/mol. The van der Waals surface area contributed by atoms with E-state index in [4.69, 9.17) is 9.47 Å². The molecule has 1 aliphatic heterocycles. The number of piperidine rings is 1. The zero-order chi connectivity index (χ0) is 19.1. The number of amides is 1. The number of ether oxygens (including phenoxy) is 2. The molecule has 3 rings (SSSR count). The summed E-state index contributed by atoms with van der Waals surface area (Å²) < 4.78 is 10.5. The van der Waals surface area contributed by atoms with Crippen LogP contribution in [-0.4, -0.2) is 33.2 Å². The van der Waals surface area contributed by atoms with Crippen LogP contribution in [-0.2, 0) is 4.79 Å². The third kappa shape index (κ3) is 5.03. The van der Waals surface area contributed by atoms with E-state index in [-0.39, 0.29) is 5.91 Å². The van der Waals surface area contributed by atoms with Crippen LogP contribution in [0.5, 0.6) is 11.5 Å². The average molecular weight is 366 g/mol. The minimum absolute atomic E-state index is 0.182. The summed E-state index contributed by atoms with van der Waals surface area (Å²) in [5, 5.41) is 2.89. The van der Waals surface area contributed by atoms with Gasteiger partial charge in [0, 0.05) is 42.2 Å². The molecule has 0 unspecified atom stereocenters. The lowest BCUT2D eigenvalue weighted by Gasteiger charge is -2.28. The van der Waals surface area contributed by atoms with Gasteiger partial charge in [0.05, 0.1) is 14.2 Å². The predicted octanol–water partition coefficient (Wildman–Crippen LogP) is 4.35. The summed E-state index contributed by atoms with van der Waals surface area (Å²) in [6.45, 7) is 2.22. The Balaban J connectivity index is 1.61. The number of benzene rings is 2. The Kier molecular flexibility index (Phi) is 6.36. The predicted molar refractivity (Wildman–Crippen MR) is 110 cm³/mol. The highest BCUT2D eigenvalue weighted by atomic mass is 16.5. The van der Waals surface area contributed by atoms with Crippen molar-refractivity contribution < 1.29 is 14.3 Å². The Morgan fingerprint density at radius 1 is 1.00 bits per heavy atom. The van der Waals surface area contributed by atoms with E-state index in [1.54, 1.807) is 26.4 Å². The summed E-state index contributed by atoms with van der Waals surface area (Å²) >= 11 is 0. The van der Waals surface area contributed by atoms with Gasteiger partial charge in [-0.25, -0.2) is 0 Å². The maximum absolute atomic E-state index is 12.2. The van der Waals surface area contributed by atoms with Gasteiger partial charge < -0.3 is 19.7 Å². The number of nitrogens with one attached hydrogen (secondary N) is 1. The molecule has 1 saturated heterocycles. The van der Waals surface area contributed by atoms with Gasteiger partial charge in [0.1, 0.15) is 11.5 Å². The van der Waals surface area contributed by atoms with Crippen LogP contribution in [0.4, 0.5) is 11.4 Å². The molecule has 2 aromatic rings. The average Bonchev–Trinajstić information content (AvgIpc) is 2.73. The highest BCUT2D eigenvalue weighted by Gasteiger charge is 2.10. The first-order chi connectivity index (χ1) is 13.2. The third-order valence-corrected chi connectivity index (χ3v) is 4.71. The van der Waals surface area contributed by atoms with Crippen LogP contribution < -0.4 is 19.7 Å². The molecule has 1 fully saturated rings. The molecule has 0 radical (unpaired) electrons. The molecule has 5 heteroatoms. The van der Waals surface area contributed by atoms with E-state index in [2.05, 4.69) is 22.3 Å². The summed E-state index contributed by atoms with van der Waals surface area (Å²) in [7, 11) is 3.20. The number of methoxy groups -OCH3 is 2. The first kappa shape index (κ1) is 18.8. The van der Waals surface area contributed by atoms with Gasteiger partial charge in [-0.3, -0.25) is 4.79 Å². The van der Waals surface area contributed by atoms with E-state index in [9.17, 15) is 4.79 Å². The maximum atomic E-state index is 12.2. The normalized spacial score (nSPS) is 14.2. The Labute approximate surface area is 160 Å². The Morgan fingerprint density at radius 3 is 2.41 bits per heavy atom. The number of carbonyl (C=O) groups is 1. The smallest absolute Gasteiger partial charge is 0.248 e. The number of carbonyl (C=O) groups excluding carboxylic acids is 1. The third-order valence-electron chi connectivity index (χ3n) is 4.71. The quantitative estimate of drug-likeness (QED) is 0.773. The van der Waals surface area contributed by atoms with E-state index in [0.717, 1.165) is 24.3 Å². The Morgan fingerprint density at radius 2 is 1.74 bits per heavy atom. The maximum Gasteiger partial charge on any atom is 0.248 e. The van der Waals surface area contributed by atoms with Gasteiger partial charge in [0.15, 0.2) is 0 Å². The van der Waals surface area contributed by atoms with Crippen molar-refractivity contribution in [2.75, 3.05) is 37.5 Å². The van der Waals surface area contributed by atoms with Gasteiger partial charge >= 0.3 is 0 Å². The fraction of sp³-hybridized carbons (Fsp3) is 0.318. The molecule has 27 heavy (non-hydrogen) atoms. The molecule has 0 bridgehead atoms. The molecule has 2 aromatic carbocycles. The summed E-state index contributed by atoms with van der Waals surface area (Å²) in [5.41, 5.74) is 2.81. The minimum atomic E-state index is -0.182. The van der Waals surface area contributed by atoms with Crippen LogP contribution in [0.2, 0.25) is 0 Å². The molecule has 142 valence electrons. The van der Waals surface area contributed by atoms with Gasteiger partial charge in [0.2, 0.25) is 5.91 Å². The van der Waals surface area contributed by atoms with Crippen LogP contribution in [0.1, 0.15) is 24.8 Å². The largest absolute Gasteiger partial charge is 0.497 e. The van der Waals surface area contributed by atoms with Crippen molar-refractivity contribution in [3.05, 3.63) is 54.1 Å². The van der Waals surface area contributed by atoms with Gasteiger partial charge in [-0.15, -0.1) is 0 Å². The summed E-state index contributed by atoms with van der Waals surface area (Å²) in [6.07, 6.45) is 7.05. The van der Waals surface area contributed by atoms with Crippen molar-refractivity contribution in [2.45, 2.75) is 19.3 Å². The number of hydrogen-bond donors (Lipinski definition) is 1. The Bertz CT molecular complexity index is 794. The first-order valence-electron chi connectivity index (χ1n) is 9.26. The molecule has 1 amide bonds. The van der Waals surface area contributed by atoms with Crippen LogP contribution in [0.25, 0.3) is 6.08 Å². The van der Waals surface area contributed by atoms with Crippen molar-refractivity contribution in [1.82, 2.24) is 0 Å². The lowest BCUT2D eigenvalue weighted by molar-refractivity contribution is -0.111. The molecular weight excluding hydrogens is 340 g/mol. The number of hydrogen-bond acceptors (Lipinski definition) is 4. The van der Waals surface area contributed by atoms with Crippen LogP contribution in [0.15, 0.2) is 48.5 Å². The second kappa shape index (κ2) is 9.12. The fourth-order valence-electron chi connectivity index (χ4n) is 3.21. The standard InChI is InChI=1S/C22H26N2O3/c1-26-20-12-6-17(21(16-20)27-2)7-13-22(25)23-18-8-10-19(11-9-18)24-14-4-3-5-15-24/h6-13,16H,3-5,14-15H2,1-2H3,(H,23,25)/b13-7+. The minimum Gasteiger partial charge on any atom is -0.497 e. The molecule has 1 heterocycles. The lowest BCUT2D eigenvalue weighted by atomic mass is 10.1. The lowest BCUT2D eigenvalue weighted by Crippen LogP contribution is -2.29. The zero-order valence-electron chi connectivity index (χ0n) is 15.9. The highest BCUT2D eigenvalue weighted by Crippen LogP contribution is 2.26. The van der Waals surface area contributed by atoms with Crippen LogP contribution >= 0.6 is 0 Å². The van der Waals surface area contributed by atoms with E-state index in [0.29, 0.717) is 11.5 Å². The topological polar surface area (TPSA) is 50.8 Å². The molecule has 0 atom stereocenters. The zero-order valence-corrected chi connectivity index (χ0v) is 15.9. The molecule has 0 spiro atoms. The second-order valence-electron chi connectivity index (χ2n) is 6.53. The van der Waals surface area contributed by atoms with Gasteiger partial charge in [-0.1, -0.05) is 0 Å². The van der Waals surface area contributed by atoms with Crippen molar-refractivity contribution in [3.8, 4) is 11.5 Å². The summed E-state index contributed by atoms with van der Waals surface area (Å²) in [6, 6.07) is 13.5. The van der Waals surface area contributed by atoms with E-state index in [1.165, 1.54) is 31.0 Å². The van der Waals surface area contributed by atoms with Gasteiger partial charge in [-0.05, 0) is 61.7 Å². The van der Waals surface area contributed by atoms with Crippen LogP contribution in [0, 0.1) is 0 Å². The molecule has 1 N–H and O–H groups in total. The fourth-order valence-corrected chi connectivity index (χ4v) is 3.21. The van der Waals surface area contributed by atoms with Gasteiger partial charge in [0.25, 0.3) is 0 Å². The summed E-state index contributed by atoms with van der Waals surface area (Å²) in [5.74, 6) is 1.19. The van der Waals surface area contributed by atoms with E-state index in [1.807, 2.05) is 24.3 Å².